The van der Waals surface area contributed by atoms with Crippen molar-refractivity contribution in [1.82, 2.24) is 5.32 Å². The lowest BCUT2D eigenvalue weighted by molar-refractivity contribution is -0.125. The van der Waals surface area contributed by atoms with Crippen LogP contribution in [0, 0.1) is 12.8 Å². The van der Waals surface area contributed by atoms with Crippen LogP contribution in [0.1, 0.15) is 35.8 Å². The number of nitrogens with two attached hydrogens (primary N) is 1. The van der Waals surface area contributed by atoms with Gasteiger partial charge in [0.05, 0.1) is 12.0 Å². The lowest BCUT2D eigenvalue weighted by Gasteiger charge is -2.21. The number of hydrogen-bond acceptors (Lipinski definition) is 3. The predicted octanol–water partition coefficient (Wildman–Crippen LogP) is 2.90. The van der Waals surface area contributed by atoms with Crippen LogP contribution in [0.25, 0.3) is 0 Å². The summed E-state index contributed by atoms with van der Waals surface area (Å²) in [6.07, 6.45) is -0.723. The van der Waals surface area contributed by atoms with E-state index in [4.69, 9.17) is 5.73 Å². The maximum absolute atomic E-state index is 12.2. The third-order valence-corrected chi connectivity index (χ3v) is 4.07. The van der Waals surface area contributed by atoms with Gasteiger partial charge < -0.3 is 16.2 Å². The summed E-state index contributed by atoms with van der Waals surface area (Å²) in [6, 6.07) is 16.8. The van der Waals surface area contributed by atoms with Crippen LogP contribution in [0.2, 0.25) is 0 Å². The molecular weight excluding hydrogens is 324 g/mol. The Morgan fingerprint density at radius 1 is 1.08 bits per heavy atom. The molecule has 0 saturated carbocycles. The van der Waals surface area contributed by atoms with Crippen LogP contribution in [0.5, 0.6) is 0 Å². The Balaban J connectivity index is 0.00000288. The summed E-state index contributed by atoms with van der Waals surface area (Å²) >= 11 is 0. The van der Waals surface area contributed by atoms with Crippen molar-refractivity contribution in [3.63, 3.8) is 0 Å². The van der Waals surface area contributed by atoms with Crippen LogP contribution in [0.4, 0.5) is 0 Å². The van der Waals surface area contributed by atoms with Crippen LogP contribution in [-0.4, -0.2) is 17.6 Å². The zero-order valence-corrected chi connectivity index (χ0v) is 14.8. The molecule has 3 unspecified atom stereocenters. The van der Waals surface area contributed by atoms with Crippen molar-refractivity contribution in [1.29, 1.82) is 0 Å². The zero-order valence-electron chi connectivity index (χ0n) is 14.0. The molecule has 1 amide bonds. The summed E-state index contributed by atoms with van der Waals surface area (Å²) in [5.74, 6) is -0.532. The maximum atomic E-state index is 12.2. The average Bonchev–Trinajstić information content (AvgIpc) is 2.59. The number of carbonyl (C=O) groups excluding carboxylic acids is 1. The van der Waals surface area contributed by atoms with Gasteiger partial charge in [0.15, 0.2) is 0 Å². The van der Waals surface area contributed by atoms with Crippen LogP contribution < -0.4 is 11.1 Å². The number of rotatable bonds is 6. The van der Waals surface area contributed by atoms with Gasteiger partial charge in [0.1, 0.15) is 0 Å². The molecule has 0 saturated heterocycles. The van der Waals surface area contributed by atoms with E-state index in [-0.39, 0.29) is 36.8 Å². The largest absolute Gasteiger partial charge is 0.387 e. The number of nitrogens with one attached hydrogen (secondary N) is 1. The smallest absolute Gasteiger partial charge is 0.224 e. The molecule has 4 N–H and O–H groups in total. The summed E-state index contributed by atoms with van der Waals surface area (Å²) < 4.78 is 0. The molecule has 0 spiro atoms. The average molecular weight is 349 g/mol. The number of hydrogen-bond donors (Lipinski definition) is 3. The molecule has 130 valence electrons. The number of aliphatic hydroxyl groups excluding tert-OH is 1. The van der Waals surface area contributed by atoms with E-state index in [1.54, 1.807) is 6.92 Å². The Labute approximate surface area is 149 Å². The first kappa shape index (κ1) is 20.2. The second kappa shape index (κ2) is 9.42. The Morgan fingerprint density at radius 3 is 2.25 bits per heavy atom. The van der Waals surface area contributed by atoms with Gasteiger partial charge in [0.2, 0.25) is 5.91 Å². The van der Waals surface area contributed by atoms with Crippen LogP contribution in [-0.2, 0) is 4.79 Å². The van der Waals surface area contributed by atoms with E-state index < -0.39 is 6.10 Å². The number of amides is 1. The molecule has 0 aromatic heterocycles. The van der Waals surface area contributed by atoms with Crippen molar-refractivity contribution < 1.29 is 9.90 Å². The highest BCUT2D eigenvalue weighted by molar-refractivity contribution is 5.85. The summed E-state index contributed by atoms with van der Waals surface area (Å²) in [6.45, 7) is 3.96. The van der Waals surface area contributed by atoms with E-state index in [2.05, 4.69) is 5.32 Å². The van der Waals surface area contributed by atoms with Crippen LogP contribution in [0.3, 0.4) is 0 Å². The van der Waals surface area contributed by atoms with Gasteiger partial charge in [-0.1, -0.05) is 67.1 Å². The van der Waals surface area contributed by atoms with Crippen molar-refractivity contribution >= 4 is 18.3 Å². The lowest BCUT2D eigenvalue weighted by Crippen LogP contribution is -2.37. The third kappa shape index (κ3) is 5.34. The van der Waals surface area contributed by atoms with Gasteiger partial charge >= 0.3 is 0 Å². The second-order valence-corrected chi connectivity index (χ2v) is 5.90. The van der Waals surface area contributed by atoms with Crippen LogP contribution >= 0.6 is 12.4 Å². The molecule has 0 bridgehead atoms. The molecular formula is C19H25ClN2O2. The van der Waals surface area contributed by atoms with Crippen molar-refractivity contribution in [2.45, 2.75) is 26.0 Å². The summed E-state index contributed by atoms with van der Waals surface area (Å²) in [7, 11) is 0. The number of carbonyl (C=O) groups is 1. The molecule has 0 aliphatic carbocycles. The molecule has 2 rings (SSSR count). The fraction of sp³-hybridized carbons (Fsp3) is 0.316. The molecule has 3 atom stereocenters. The van der Waals surface area contributed by atoms with E-state index in [1.807, 2.05) is 61.5 Å². The Hall–Kier alpha value is -1.88. The Morgan fingerprint density at radius 2 is 1.67 bits per heavy atom. The molecule has 0 aliphatic heterocycles. The molecule has 0 radical (unpaired) electrons. The van der Waals surface area contributed by atoms with Gasteiger partial charge in [-0.3, -0.25) is 4.79 Å². The Kier molecular flexibility index (Phi) is 7.92. The standard InChI is InChI=1S/C19H24N2O2.ClH/c1-13-8-10-15(11-9-13)17(22)12-21-19(23)14(2)18(20)16-6-4-3-5-7-16;/h3-11,14,17-18,22H,12,20H2,1-2H3,(H,21,23);1H. The number of halogens is 1. The third-order valence-electron chi connectivity index (χ3n) is 4.07. The first-order valence-electron chi connectivity index (χ1n) is 7.82. The number of benzene rings is 2. The van der Waals surface area contributed by atoms with Crippen LogP contribution in [0.15, 0.2) is 54.6 Å². The highest BCUT2D eigenvalue weighted by Gasteiger charge is 2.22. The monoisotopic (exact) mass is 348 g/mol. The molecule has 4 nitrogen and oxygen atoms in total. The normalized spacial score (nSPS) is 14.2. The second-order valence-electron chi connectivity index (χ2n) is 5.90. The minimum atomic E-state index is -0.723. The first-order chi connectivity index (χ1) is 11.0. The number of aliphatic hydroxyl groups is 1. The quantitative estimate of drug-likeness (QED) is 0.751. The summed E-state index contributed by atoms with van der Waals surface area (Å²) in [5.41, 5.74) is 9.00. The minimum Gasteiger partial charge on any atom is -0.387 e. The molecule has 5 heteroatoms. The zero-order chi connectivity index (χ0) is 16.8. The molecule has 24 heavy (non-hydrogen) atoms. The maximum Gasteiger partial charge on any atom is 0.224 e. The summed E-state index contributed by atoms with van der Waals surface area (Å²) in [5, 5.41) is 12.9. The SMILES string of the molecule is Cc1ccc(C(O)CNC(=O)C(C)C(N)c2ccccc2)cc1.Cl. The molecule has 0 aliphatic rings. The molecule has 0 fully saturated rings. The first-order valence-corrected chi connectivity index (χ1v) is 7.82. The van der Waals surface area contributed by atoms with Gasteiger partial charge in [-0.15, -0.1) is 12.4 Å². The van der Waals surface area contributed by atoms with Crippen molar-refractivity contribution in [3.05, 3.63) is 71.3 Å². The fourth-order valence-electron chi connectivity index (χ4n) is 2.39. The van der Waals surface area contributed by atoms with Gasteiger partial charge in [-0.05, 0) is 18.1 Å². The van der Waals surface area contributed by atoms with Gasteiger partial charge in [0.25, 0.3) is 0 Å². The topological polar surface area (TPSA) is 75.3 Å². The molecule has 2 aromatic rings. The predicted molar refractivity (Wildman–Crippen MR) is 98.9 cm³/mol. The van der Waals surface area contributed by atoms with E-state index in [0.29, 0.717) is 0 Å². The highest BCUT2D eigenvalue weighted by Crippen LogP contribution is 2.19. The fourth-order valence-corrected chi connectivity index (χ4v) is 2.39. The van der Waals surface area contributed by atoms with Crippen molar-refractivity contribution in [2.24, 2.45) is 11.7 Å². The lowest BCUT2D eigenvalue weighted by atomic mass is 9.94. The van der Waals surface area contributed by atoms with Gasteiger partial charge in [-0.25, -0.2) is 0 Å². The van der Waals surface area contributed by atoms with Crippen molar-refractivity contribution in [3.8, 4) is 0 Å². The molecule has 0 heterocycles. The minimum absolute atomic E-state index is 0. The van der Waals surface area contributed by atoms with Crippen molar-refractivity contribution in [2.75, 3.05) is 6.54 Å². The Bertz CT molecular complexity index is 632. The van der Waals surface area contributed by atoms with E-state index >= 15 is 0 Å². The van der Waals surface area contributed by atoms with E-state index in [9.17, 15) is 9.90 Å². The summed E-state index contributed by atoms with van der Waals surface area (Å²) in [4.78, 5) is 12.2. The number of aryl methyl sites for hydroxylation is 1. The molecule has 2 aromatic carbocycles. The highest BCUT2D eigenvalue weighted by atomic mass is 35.5. The van der Waals surface area contributed by atoms with Gasteiger partial charge in [0, 0.05) is 12.6 Å². The van der Waals surface area contributed by atoms with E-state index in [1.165, 1.54) is 0 Å². The van der Waals surface area contributed by atoms with Gasteiger partial charge in [-0.2, -0.15) is 0 Å². The van der Waals surface area contributed by atoms with E-state index in [0.717, 1.165) is 16.7 Å².